The summed E-state index contributed by atoms with van der Waals surface area (Å²) in [5.41, 5.74) is 0.294. The Morgan fingerprint density at radius 3 is 1.55 bits per heavy atom. The van der Waals surface area contributed by atoms with E-state index in [0.29, 0.717) is 8.96 Å². The summed E-state index contributed by atoms with van der Waals surface area (Å²) in [4.78, 5) is 2.39. The molecule has 0 radical (unpaired) electrons. The minimum Gasteiger partial charge on any atom is -0.300 e. The first-order chi connectivity index (χ1) is 4.63. The summed E-state index contributed by atoms with van der Waals surface area (Å²) in [5.74, 6) is 0. The fourth-order valence-corrected chi connectivity index (χ4v) is 1.31. The molecule has 0 spiro atoms. The third-order valence-electron chi connectivity index (χ3n) is 1.76. The molecule has 0 aliphatic carbocycles. The molecular weight excluding hydrogens is 249 g/mol. The minimum absolute atomic E-state index is 0.294. The van der Waals surface area contributed by atoms with Gasteiger partial charge in [0.2, 0.25) is 0 Å². The molecule has 0 aliphatic heterocycles. The molecule has 0 heterocycles. The van der Waals surface area contributed by atoms with Gasteiger partial charge in [-0.1, -0.05) is 22.6 Å². The van der Waals surface area contributed by atoms with Crippen molar-refractivity contribution >= 4 is 22.6 Å². The van der Waals surface area contributed by atoms with Crippen LogP contribution in [0.5, 0.6) is 0 Å². The van der Waals surface area contributed by atoms with Crippen LogP contribution in [-0.2, 0) is 0 Å². The number of nitrogens with zero attached hydrogens (tertiary/aromatic N) is 1. The Morgan fingerprint density at radius 2 is 1.45 bits per heavy atom. The molecule has 0 aliphatic rings. The molecule has 0 aromatic carbocycles. The van der Waals surface area contributed by atoms with Crippen LogP contribution >= 0.6 is 22.6 Å². The largest absolute Gasteiger partial charge is 0.300 e. The van der Waals surface area contributed by atoms with Crippen LogP contribution in [0.4, 0.5) is 0 Å². The van der Waals surface area contributed by atoms with Crippen LogP contribution in [0.2, 0.25) is 0 Å². The number of hydrogen-bond donors (Lipinski definition) is 0. The molecule has 68 valence electrons. The average Bonchev–Trinajstić information content (AvgIpc) is 1.56. The van der Waals surface area contributed by atoms with Crippen LogP contribution < -0.4 is 0 Å². The fourth-order valence-electron chi connectivity index (χ4n) is 0.801. The van der Waals surface area contributed by atoms with Gasteiger partial charge >= 0.3 is 0 Å². The van der Waals surface area contributed by atoms with Crippen molar-refractivity contribution in [1.29, 1.82) is 0 Å². The Kier molecular flexibility index (Phi) is 3.83. The summed E-state index contributed by atoms with van der Waals surface area (Å²) in [7, 11) is 2.18. The first-order valence-electron chi connectivity index (χ1n) is 4.03. The van der Waals surface area contributed by atoms with E-state index in [1.807, 2.05) is 0 Å². The van der Waals surface area contributed by atoms with Gasteiger partial charge in [-0.15, -0.1) is 0 Å². The zero-order valence-corrected chi connectivity index (χ0v) is 10.7. The third kappa shape index (κ3) is 5.91. The highest BCUT2D eigenvalue weighted by Crippen LogP contribution is 2.21. The van der Waals surface area contributed by atoms with E-state index in [9.17, 15) is 0 Å². The molecule has 0 rings (SSSR count). The molecule has 0 unspecified atom stereocenters. The van der Waals surface area contributed by atoms with E-state index < -0.39 is 0 Å². The zero-order chi connectivity index (χ0) is 9.28. The van der Waals surface area contributed by atoms with Gasteiger partial charge in [-0.25, -0.2) is 0 Å². The van der Waals surface area contributed by atoms with Gasteiger partial charge in [0.15, 0.2) is 0 Å². The van der Waals surface area contributed by atoms with Crippen molar-refractivity contribution in [3.05, 3.63) is 0 Å². The van der Waals surface area contributed by atoms with Crippen LogP contribution in [0.25, 0.3) is 0 Å². The van der Waals surface area contributed by atoms with Gasteiger partial charge in [-0.3, -0.25) is 0 Å². The molecule has 1 nitrogen and oxygen atoms in total. The number of halogens is 1. The van der Waals surface area contributed by atoms with Gasteiger partial charge < -0.3 is 4.90 Å². The topological polar surface area (TPSA) is 3.24 Å². The van der Waals surface area contributed by atoms with Crippen LogP contribution in [-0.4, -0.2) is 27.5 Å². The van der Waals surface area contributed by atoms with Gasteiger partial charge in [0.1, 0.15) is 0 Å². The molecule has 0 amide bonds. The summed E-state index contributed by atoms with van der Waals surface area (Å²) in [6, 6.07) is 0. The van der Waals surface area contributed by atoms with Gasteiger partial charge in [-0.2, -0.15) is 0 Å². The monoisotopic (exact) mass is 269 g/mol. The molecule has 0 fully saturated rings. The fraction of sp³-hybridized carbons (Fsp3) is 1.00. The first kappa shape index (κ1) is 11.7. The van der Waals surface area contributed by atoms with Crippen molar-refractivity contribution in [3.63, 3.8) is 0 Å². The van der Waals surface area contributed by atoms with Crippen molar-refractivity contribution in [3.8, 4) is 0 Å². The van der Waals surface area contributed by atoms with Crippen molar-refractivity contribution in [2.45, 2.75) is 43.6 Å². The predicted octanol–water partition coefficient (Wildman–Crippen LogP) is 2.93. The lowest BCUT2D eigenvalue weighted by atomic mass is 10.1. The van der Waals surface area contributed by atoms with Gasteiger partial charge in [0.25, 0.3) is 0 Å². The van der Waals surface area contributed by atoms with Gasteiger partial charge in [0, 0.05) is 15.5 Å². The summed E-state index contributed by atoms with van der Waals surface area (Å²) < 4.78 is 0.375. The van der Waals surface area contributed by atoms with E-state index in [1.54, 1.807) is 0 Å². The molecule has 0 aromatic heterocycles. The van der Waals surface area contributed by atoms with Gasteiger partial charge in [-0.05, 0) is 41.7 Å². The second-order valence-corrected chi connectivity index (χ2v) is 7.67. The minimum atomic E-state index is 0.294. The molecule has 0 N–H and O–H groups in total. The van der Waals surface area contributed by atoms with Crippen molar-refractivity contribution in [2.24, 2.45) is 0 Å². The lowest BCUT2D eigenvalue weighted by molar-refractivity contribution is 0.167. The highest BCUT2D eigenvalue weighted by atomic mass is 127. The Balaban J connectivity index is 3.99. The van der Waals surface area contributed by atoms with E-state index in [-0.39, 0.29) is 0 Å². The molecule has 11 heavy (non-hydrogen) atoms. The second kappa shape index (κ2) is 3.60. The van der Waals surface area contributed by atoms with E-state index in [1.165, 1.54) is 0 Å². The normalized spacial score (nSPS) is 14.2. The standard InChI is InChI=1S/C9H20IN/c1-8(2,3)11(6)7-9(4,5)10/h7H2,1-6H3. The number of hydrogen-bond acceptors (Lipinski definition) is 1. The molecule has 2 heteroatoms. The highest BCUT2D eigenvalue weighted by Gasteiger charge is 2.23. The summed E-state index contributed by atoms with van der Waals surface area (Å²) in [5, 5.41) is 0. The average molecular weight is 269 g/mol. The first-order valence-corrected chi connectivity index (χ1v) is 5.11. The molecule has 0 bridgehead atoms. The van der Waals surface area contributed by atoms with Crippen molar-refractivity contribution < 1.29 is 0 Å². The van der Waals surface area contributed by atoms with Crippen molar-refractivity contribution in [1.82, 2.24) is 4.90 Å². The number of alkyl halides is 1. The molecule has 0 saturated heterocycles. The zero-order valence-electron chi connectivity index (χ0n) is 8.53. The molecular formula is C9H20IN. The van der Waals surface area contributed by atoms with Crippen LogP contribution in [0, 0.1) is 0 Å². The van der Waals surface area contributed by atoms with E-state index in [0.717, 1.165) is 6.54 Å². The lowest BCUT2D eigenvalue weighted by Gasteiger charge is -2.35. The summed E-state index contributed by atoms with van der Waals surface area (Å²) in [6.07, 6.45) is 0. The predicted molar refractivity (Wildman–Crippen MR) is 60.5 cm³/mol. The van der Waals surface area contributed by atoms with E-state index in [4.69, 9.17) is 0 Å². The third-order valence-corrected chi connectivity index (χ3v) is 2.10. The van der Waals surface area contributed by atoms with E-state index >= 15 is 0 Å². The van der Waals surface area contributed by atoms with Crippen LogP contribution in [0.1, 0.15) is 34.6 Å². The maximum absolute atomic E-state index is 2.49. The Bertz CT molecular complexity index is 119. The molecule has 0 saturated carbocycles. The van der Waals surface area contributed by atoms with E-state index in [2.05, 4.69) is 69.2 Å². The highest BCUT2D eigenvalue weighted by molar-refractivity contribution is 14.1. The Morgan fingerprint density at radius 1 is 1.09 bits per heavy atom. The Hall–Kier alpha value is 0.690. The quantitative estimate of drug-likeness (QED) is 0.550. The lowest BCUT2D eigenvalue weighted by Crippen LogP contribution is -2.43. The molecule has 0 aromatic rings. The smallest absolute Gasteiger partial charge is 0.0293 e. The number of rotatable bonds is 2. The summed E-state index contributed by atoms with van der Waals surface area (Å²) >= 11 is 2.49. The van der Waals surface area contributed by atoms with Crippen molar-refractivity contribution in [2.75, 3.05) is 13.6 Å². The SMILES string of the molecule is CN(CC(C)(C)I)C(C)(C)C. The molecule has 0 atom stereocenters. The maximum atomic E-state index is 2.49. The second-order valence-electron chi connectivity index (χ2n) is 4.75. The summed E-state index contributed by atoms with van der Waals surface area (Å²) in [6.45, 7) is 12.4. The van der Waals surface area contributed by atoms with Crippen LogP contribution in [0.15, 0.2) is 0 Å². The van der Waals surface area contributed by atoms with Gasteiger partial charge in [0.05, 0.1) is 0 Å². The Labute approximate surface area is 84.7 Å². The maximum Gasteiger partial charge on any atom is 0.0293 e. The van der Waals surface area contributed by atoms with Crippen LogP contribution in [0.3, 0.4) is 0 Å².